The van der Waals surface area contributed by atoms with E-state index in [2.05, 4.69) is 49.0 Å². The summed E-state index contributed by atoms with van der Waals surface area (Å²) in [5, 5.41) is 59.8. The summed E-state index contributed by atoms with van der Waals surface area (Å²) in [7, 11) is -1.06. The van der Waals surface area contributed by atoms with Gasteiger partial charge in [0.25, 0.3) is 0 Å². The molecule has 2 unspecified atom stereocenters. The summed E-state index contributed by atoms with van der Waals surface area (Å²) in [6.45, 7) is 3.63. The number of hydrogen-bond donors (Lipinski definition) is 10. The molecule has 27 nitrogen and oxygen atoms in total. The number of Topliss-reactive ketones (excluding diaryl/α,β-unsaturated/α-hetero) is 1. The van der Waals surface area contributed by atoms with Crippen LogP contribution in [0.25, 0.3) is 0 Å². The molecular weight excluding hydrogens is 1350 g/mol. The first-order chi connectivity index (χ1) is 48.4. The normalized spacial score (nSPS) is 21.7. The number of hydrogen-bond acceptors (Lipinski definition) is 19. The smallest absolute Gasteiger partial charge is 0.456 e. The quantitative estimate of drug-likeness (QED) is 0.0155. The fraction of sp³-hybridized carbons (Fsp3) is 0.889. The van der Waals surface area contributed by atoms with E-state index in [1.165, 1.54) is 51.1 Å². The average Bonchev–Trinajstić information content (AvgIpc) is 0.730. The van der Waals surface area contributed by atoms with E-state index in [-0.39, 0.29) is 44.8 Å². The van der Waals surface area contributed by atoms with Gasteiger partial charge in [-0.05, 0) is 25.7 Å². The molecule has 0 aromatic rings. The molecule has 2 rings (SSSR count). The molecule has 29 heteroatoms. The van der Waals surface area contributed by atoms with Gasteiger partial charge in [-0.1, -0.05) is 233 Å². The van der Waals surface area contributed by atoms with Crippen molar-refractivity contribution in [2.75, 3.05) is 60.1 Å². The van der Waals surface area contributed by atoms with Crippen LogP contribution in [-0.2, 0) is 70.9 Å². The average molecular weight is 1480 g/mol. The van der Waals surface area contributed by atoms with Gasteiger partial charge in [-0.25, -0.2) is 4.57 Å². The first kappa shape index (κ1) is 93.3. The van der Waals surface area contributed by atoms with Crippen LogP contribution in [0.2, 0.25) is 0 Å². The third kappa shape index (κ3) is 38.9. The zero-order valence-electron chi connectivity index (χ0n) is 62.2. The van der Waals surface area contributed by atoms with E-state index < -0.39 is 149 Å². The highest BCUT2D eigenvalue weighted by Gasteiger charge is 2.65. The summed E-state index contributed by atoms with van der Waals surface area (Å²) in [6, 6.07) is -4.15. The standard InChI is InChI=1S/C72H134N6O21P2/c1-7-11-15-19-23-27-31-35-39-43-56(81)73-49-55(80)72(90)69(76-59(84)52-78(6)61(86)46-42-38-34-30-26-22-18-14-10-4)68(96-54(53-79)70(72)99-101(91,92)93)65(89)67-64(88)66(97-62(87)50-74-57(82)44-40-36-32-28-24-20-16-12-8-2)63(71(98-67)94-47-48-95-100)75-58(83)51-77(5)60(85)45-41-37-33-29-25-21-17-13-9-3/h54,63-71,79,88-90H,7-53,100H2,1-6H3,(H,73,81)(H,74,82)(H,75,83)(H,76,84)(H2,91,92,93)/t54-,63+,64+,65?,66-,67+,68+,69-,70-,71+,72-/m1/s1. The van der Waals surface area contributed by atoms with Gasteiger partial charge >= 0.3 is 13.8 Å². The Morgan fingerprint density at radius 2 is 0.921 bits per heavy atom. The van der Waals surface area contributed by atoms with Crippen LogP contribution in [0, 0.1) is 0 Å². The van der Waals surface area contributed by atoms with E-state index in [1.807, 2.05) is 9.47 Å². The molecule has 2 fully saturated rings. The fourth-order valence-electron chi connectivity index (χ4n) is 13.0. The van der Waals surface area contributed by atoms with Crippen molar-refractivity contribution in [3.05, 3.63) is 0 Å². The molecule has 6 amide bonds. The molecule has 2 saturated heterocycles. The molecule has 12 atom stereocenters. The molecule has 0 saturated carbocycles. The van der Waals surface area contributed by atoms with Crippen LogP contribution in [-0.4, -0.2) is 214 Å². The number of phosphoric ester groups is 1. The molecule has 2 aliphatic heterocycles. The predicted octanol–water partition coefficient (Wildman–Crippen LogP) is 8.51. The molecule has 0 radical (unpaired) electrons. The highest BCUT2D eigenvalue weighted by atomic mass is 31.2. The Hall–Kier alpha value is -3.82. The van der Waals surface area contributed by atoms with Gasteiger partial charge in [0, 0.05) is 49.2 Å². The maximum Gasteiger partial charge on any atom is 0.470 e. The van der Waals surface area contributed by atoms with E-state index in [4.69, 9.17) is 28.0 Å². The number of carbonyl (C=O) groups excluding carboxylic acids is 8. The first-order valence-electron chi connectivity index (χ1n) is 38.4. The number of unbranched alkanes of at least 4 members (excludes halogenated alkanes) is 32. The summed E-state index contributed by atoms with van der Waals surface area (Å²) in [5.74, 6) is -6.55. The van der Waals surface area contributed by atoms with Gasteiger partial charge in [0.1, 0.15) is 49.2 Å². The monoisotopic (exact) mass is 1480 g/mol. The van der Waals surface area contributed by atoms with E-state index in [1.54, 1.807) is 0 Å². The topological polar surface area (TPSA) is 385 Å². The second-order valence-electron chi connectivity index (χ2n) is 27.7. The largest absolute Gasteiger partial charge is 0.470 e. The second kappa shape index (κ2) is 55.6. The number of esters is 1. The number of aliphatic hydroxyl groups excluding tert-OH is 3. The van der Waals surface area contributed by atoms with Gasteiger partial charge in [-0.3, -0.25) is 42.9 Å². The lowest BCUT2D eigenvalue weighted by molar-refractivity contribution is -0.307. The van der Waals surface area contributed by atoms with Crippen molar-refractivity contribution in [2.45, 2.75) is 351 Å². The van der Waals surface area contributed by atoms with Crippen LogP contribution >= 0.6 is 17.3 Å². The van der Waals surface area contributed by atoms with Gasteiger partial charge < -0.3 is 84.8 Å². The maximum absolute atomic E-state index is 15.0. The van der Waals surface area contributed by atoms with Crippen molar-refractivity contribution < 1.29 is 101 Å². The van der Waals surface area contributed by atoms with E-state index in [9.17, 15) is 68.3 Å². The molecule has 0 bridgehead atoms. The predicted molar refractivity (Wildman–Crippen MR) is 387 cm³/mol. The van der Waals surface area contributed by atoms with Crippen molar-refractivity contribution >= 4 is 64.5 Å². The van der Waals surface area contributed by atoms with Crippen molar-refractivity contribution in [2.24, 2.45) is 0 Å². The third-order valence-electron chi connectivity index (χ3n) is 19.0. The number of carbonyl (C=O) groups is 8. The minimum Gasteiger partial charge on any atom is -0.456 e. The van der Waals surface area contributed by atoms with Gasteiger partial charge in [-0.2, -0.15) is 0 Å². The van der Waals surface area contributed by atoms with Crippen LogP contribution < -0.4 is 21.3 Å². The third-order valence-corrected chi connectivity index (χ3v) is 19.7. The Balaban J connectivity index is 2.72. The van der Waals surface area contributed by atoms with Crippen LogP contribution in [0.1, 0.15) is 285 Å². The van der Waals surface area contributed by atoms with Crippen LogP contribution in [0.3, 0.4) is 0 Å². The lowest BCUT2D eigenvalue weighted by Gasteiger charge is -2.53. The number of ether oxygens (including phenoxy) is 4. The molecule has 101 heavy (non-hydrogen) atoms. The Morgan fingerprint density at radius 3 is 1.32 bits per heavy atom. The van der Waals surface area contributed by atoms with Gasteiger partial charge in [0.2, 0.25) is 35.4 Å². The van der Waals surface area contributed by atoms with Gasteiger partial charge in [0.15, 0.2) is 23.8 Å². The first-order valence-corrected chi connectivity index (χ1v) is 40.4. The Kier molecular flexibility index (Phi) is 51.3. The summed E-state index contributed by atoms with van der Waals surface area (Å²) >= 11 is 0. The molecule has 2 heterocycles. The number of nitrogens with zero attached hydrogens (tertiary/aromatic N) is 2. The second-order valence-corrected chi connectivity index (χ2v) is 29.3. The molecule has 0 aliphatic carbocycles. The van der Waals surface area contributed by atoms with Crippen molar-refractivity contribution in [3.8, 4) is 0 Å². The molecule has 10 N–H and O–H groups in total. The lowest BCUT2D eigenvalue weighted by Crippen LogP contribution is -2.79. The van der Waals surface area contributed by atoms with Crippen molar-refractivity contribution in [1.29, 1.82) is 0 Å². The number of aliphatic hydroxyl groups is 4. The molecule has 0 aromatic carbocycles. The molecular formula is C72H134N6O21P2. The number of ketones is 1. The maximum atomic E-state index is 15.0. The molecule has 2 aliphatic rings. The van der Waals surface area contributed by atoms with Crippen LogP contribution in [0.15, 0.2) is 0 Å². The van der Waals surface area contributed by atoms with E-state index in [0.29, 0.717) is 32.1 Å². The highest BCUT2D eigenvalue weighted by Crippen LogP contribution is 2.46. The lowest BCUT2D eigenvalue weighted by atomic mass is 9.74. The van der Waals surface area contributed by atoms with Crippen molar-refractivity contribution in [3.63, 3.8) is 0 Å². The van der Waals surface area contributed by atoms with Crippen molar-refractivity contribution in [1.82, 2.24) is 31.1 Å². The van der Waals surface area contributed by atoms with E-state index in [0.717, 1.165) is 172 Å². The number of nitrogens with one attached hydrogen (secondary N) is 4. The Bertz CT molecular complexity index is 2370. The van der Waals surface area contributed by atoms with Gasteiger partial charge in [-0.15, -0.1) is 0 Å². The number of likely N-dealkylation sites (N-methyl/N-ethyl adjacent to an activating group) is 2. The SMILES string of the molecule is CCCCCCCCCCCC(=O)NCC(=O)O[C@H]1[C@H](O)[C@@H](C(O)[C@@H]2O[C@H](CO)[C@@H](OP(=O)(O)O)[C@@](O)(C(=O)CNC(=O)CCCCCCCCCCC)[C@@H]2NC(=O)CN(C)C(=O)CCCCCCCCCCC)O[C@H](OCCOP)[C@H]1NC(=O)CN(C)C(=O)CCCCCCCCCCC. The number of phosphoric acid groups is 1. The molecule has 0 spiro atoms. The number of rotatable bonds is 61. The van der Waals surface area contributed by atoms with E-state index >= 15 is 4.79 Å². The Labute approximate surface area is 605 Å². The molecule has 588 valence electrons. The minimum absolute atomic E-state index is 0.0432. The number of amides is 6. The zero-order chi connectivity index (χ0) is 74.9. The zero-order valence-corrected chi connectivity index (χ0v) is 64.3. The van der Waals surface area contributed by atoms with Crippen LogP contribution in [0.4, 0.5) is 0 Å². The fourth-order valence-corrected chi connectivity index (χ4v) is 13.6. The summed E-state index contributed by atoms with van der Waals surface area (Å²) < 4.78 is 47.6. The summed E-state index contributed by atoms with van der Waals surface area (Å²) in [4.78, 5) is 134. The highest BCUT2D eigenvalue weighted by molar-refractivity contribution is 7.46. The molecule has 0 aromatic heterocycles. The van der Waals surface area contributed by atoms with Gasteiger partial charge in [0.05, 0.1) is 45.5 Å². The summed E-state index contributed by atoms with van der Waals surface area (Å²) in [6.07, 6.45) is 17.5. The van der Waals surface area contributed by atoms with Crippen LogP contribution in [0.5, 0.6) is 0 Å². The Morgan fingerprint density at radius 1 is 0.535 bits per heavy atom. The summed E-state index contributed by atoms with van der Waals surface area (Å²) in [5.41, 5.74) is -3.50. The minimum atomic E-state index is -5.84.